The number of aromatic nitrogens is 4. The molecule has 0 radical (unpaired) electrons. The monoisotopic (exact) mass is 596 g/mol. The van der Waals surface area contributed by atoms with Gasteiger partial charge < -0.3 is 26.0 Å². The van der Waals surface area contributed by atoms with Gasteiger partial charge in [0.25, 0.3) is 11.8 Å². The molecule has 1 saturated heterocycles. The van der Waals surface area contributed by atoms with E-state index in [-0.39, 0.29) is 29.4 Å². The Labute approximate surface area is 247 Å². The molecule has 0 saturated carbocycles. The van der Waals surface area contributed by atoms with Crippen LogP contribution >= 0.6 is 23.2 Å². The molecule has 214 valence electrons. The Kier molecular flexibility index (Phi) is 8.87. The Morgan fingerprint density at radius 2 is 1.85 bits per heavy atom. The lowest BCUT2D eigenvalue weighted by atomic mass is 10.1. The van der Waals surface area contributed by atoms with E-state index in [1.807, 2.05) is 0 Å². The molecule has 0 spiro atoms. The van der Waals surface area contributed by atoms with E-state index < -0.39 is 5.91 Å². The number of ether oxygens (including phenoxy) is 1. The number of nitrogens with one attached hydrogen (secondary N) is 2. The smallest absolute Gasteiger partial charge is 0.256 e. The van der Waals surface area contributed by atoms with Gasteiger partial charge in [-0.05, 0) is 61.8 Å². The number of rotatable bonds is 10. The van der Waals surface area contributed by atoms with Gasteiger partial charge in [0.1, 0.15) is 29.3 Å². The molecule has 2 aromatic carbocycles. The third-order valence-corrected chi connectivity index (χ3v) is 7.76. The quantitative estimate of drug-likeness (QED) is 0.249. The van der Waals surface area contributed by atoms with E-state index in [4.69, 9.17) is 38.7 Å². The zero-order valence-corrected chi connectivity index (χ0v) is 24.0. The lowest BCUT2D eigenvalue weighted by Gasteiger charge is -2.26. The summed E-state index contributed by atoms with van der Waals surface area (Å²) in [4.78, 5) is 32.4. The molecule has 1 fully saturated rings. The van der Waals surface area contributed by atoms with Crippen molar-refractivity contribution < 1.29 is 14.3 Å². The predicted octanol–water partition coefficient (Wildman–Crippen LogP) is 4.09. The van der Waals surface area contributed by atoms with Gasteiger partial charge in [-0.2, -0.15) is 0 Å². The molecule has 0 atom stereocenters. The number of hydrogen-bond donors (Lipinski definition) is 3. The second-order valence-corrected chi connectivity index (χ2v) is 10.5. The average Bonchev–Trinajstić information content (AvgIpc) is 3.45. The Morgan fingerprint density at radius 1 is 1.10 bits per heavy atom. The number of fused-ring (bicyclic) bond motifs is 1. The first kappa shape index (κ1) is 28.6. The third kappa shape index (κ3) is 6.37. The molecule has 41 heavy (non-hydrogen) atoms. The fraction of sp³-hybridized carbons (Fsp3) is 0.321. The van der Waals surface area contributed by atoms with Gasteiger partial charge in [-0.1, -0.05) is 35.7 Å². The van der Waals surface area contributed by atoms with Crippen LogP contribution in [0.2, 0.25) is 10.0 Å². The first-order valence-electron chi connectivity index (χ1n) is 13.3. The van der Waals surface area contributed by atoms with E-state index in [1.54, 1.807) is 40.8 Å². The van der Waals surface area contributed by atoms with Crippen molar-refractivity contribution in [2.24, 2.45) is 5.73 Å². The highest BCUT2D eigenvalue weighted by Gasteiger charge is 2.23. The summed E-state index contributed by atoms with van der Waals surface area (Å²) in [6, 6.07) is 10.2. The van der Waals surface area contributed by atoms with Crippen LogP contribution in [0.25, 0.3) is 5.65 Å². The summed E-state index contributed by atoms with van der Waals surface area (Å²) in [5, 5.41) is 15.1. The van der Waals surface area contributed by atoms with E-state index in [0.29, 0.717) is 45.0 Å². The highest BCUT2D eigenvalue weighted by molar-refractivity contribution is 6.36. The number of primary amides is 1. The number of methoxy groups -OCH3 is 1. The number of benzene rings is 2. The summed E-state index contributed by atoms with van der Waals surface area (Å²) in [7, 11) is 1.49. The SMILES string of the molecule is COc1cc(C(=O)NCCN2CCCCC2)ccc1Nc1nc(Cc2c(Cl)cccc2Cl)n2cnnc2c1C(N)=O. The minimum Gasteiger partial charge on any atom is -0.495 e. The van der Waals surface area contributed by atoms with Crippen LogP contribution in [-0.4, -0.2) is 69.6 Å². The number of piperidine rings is 1. The van der Waals surface area contributed by atoms with E-state index in [9.17, 15) is 9.59 Å². The largest absolute Gasteiger partial charge is 0.495 e. The lowest BCUT2D eigenvalue weighted by Crippen LogP contribution is -2.37. The number of carbonyl (C=O) groups is 2. The summed E-state index contributed by atoms with van der Waals surface area (Å²) >= 11 is 12.8. The van der Waals surface area contributed by atoms with E-state index in [2.05, 4.69) is 25.7 Å². The van der Waals surface area contributed by atoms with Gasteiger partial charge in [-0.15, -0.1) is 10.2 Å². The number of likely N-dealkylation sites (tertiary alicyclic amines) is 1. The second-order valence-electron chi connectivity index (χ2n) is 9.72. The van der Waals surface area contributed by atoms with Crippen molar-refractivity contribution in [2.75, 3.05) is 38.6 Å². The third-order valence-electron chi connectivity index (χ3n) is 7.05. The van der Waals surface area contributed by atoms with Crippen molar-refractivity contribution in [2.45, 2.75) is 25.7 Å². The van der Waals surface area contributed by atoms with Crippen molar-refractivity contribution in [1.82, 2.24) is 29.8 Å². The van der Waals surface area contributed by atoms with Gasteiger partial charge in [-0.3, -0.25) is 14.0 Å². The zero-order chi connectivity index (χ0) is 28.9. The molecule has 1 aliphatic rings. The fourth-order valence-electron chi connectivity index (χ4n) is 4.92. The first-order chi connectivity index (χ1) is 19.9. The molecule has 0 bridgehead atoms. The van der Waals surface area contributed by atoms with E-state index >= 15 is 0 Å². The molecular formula is C28H30Cl2N8O3. The summed E-state index contributed by atoms with van der Waals surface area (Å²) in [6.45, 7) is 3.51. The zero-order valence-electron chi connectivity index (χ0n) is 22.5. The summed E-state index contributed by atoms with van der Waals surface area (Å²) in [6.07, 6.45) is 5.34. The van der Waals surface area contributed by atoms with Crippen LogP contribution in [0.5, 0.6) is 5.75 Å². The second kappa shape index (κ2) is 12.7. The van der Waals surface area contributed by atoms with Gasteiger partial charge in [-0.25, -0.2) is 4.98 Å². The highest BCUT2D eigenvalue weighted by Crippen LogP contribution is 2.32. The minimum absolute atomic E-state index is 0.0399. The van der Waals surface area contributed by atoms with Crippen LogP contribution in [-0.2, 0) is 6.42 Å². The number of hydrogen-bond acceptors (Lipinski definition) is 8. The molecule has 2 amide bonds. The maximum Gasteiger partial charge on any atom is 0.256 e. The Morgan fingerprint density at radius 3 is 2.56 bits per heavy atom. The van der Waals surface area contributed by atoms with Gasteiger partial charge >= 0.3 is 0 Å². The van der Waals surface area contributed by atoms with Crippen molar-refractivity contribution in [3.63, 3.8) is 0 Å². The number of nitrogens with two attached hydrogens (primary N) is 1. The fourth-order valence-corrected chi connectivity index (χ4v) is 5.45. The van der Waals surface area contributed by atoms with E-state index in [1.165, 1.54) is 32.7 Å². The van der Waals surface area contributed by atoms with Crippen molar-refractivity contribution in [3.8, 4) is 5.75 Å². The van der Waals surface area contributed by atoms with Gasteiger partial charge in [0.05, 0.1) is 12.8 Å². The van der Waals surface area contributed by atoms with Gasteiger partial charge in [0.2, 0.25) is 0 Å². The van der Waals surface area contributed by atoms with Crippen molar-refractivity contribution in [3.05, 3.63) is 75.3 Å². The summed E-state index contributed by atoms with van der Waals surface area (Å²) in [5.74, 6) is 0.0444. The number of anilines is 2. The van der Waals surface area contributed by atoms with Gasteiger partial charge in [0, 0.05) is 35.1 Å². The van der Waals surface area contributed by atoms with Gasteiger partial charge in [0.15, 0.2) is 5.65 Å². The molecule has 0 unspecified atom stereocenters. The van der Waals surface area contributed by atoms with Crippen LogP contribution in [0.3, 0.4) is 0 Å². The minimum atomic E-state index is -0.746. The molecule has 11 nitrogen and oxygen atoms in total. The highest BCUT2D eigenvalue weighted by atomic mass is 35.5. The van der Waals surface area contributed by atoms with Crippen LogP contribution < -0.4 is 21.1 Å². The van der Waals surface area contributed by atoms with Crippen LogP contribution in [0, 0.1) is 0 Å². The standard InChI is InChI=1S/C28H30Cl2N8O3/c1-41-22-14-17(28(40)32-10-13-37-11-3-2-4-12-37)8-9-21(22)34-26-24(25(31)39)27-36-33-16-38(27)23(35-26)15-18-19(29)6-5-7-20(18)30/h5-9,14,16,34H,2-4,10-13,15H2,1H3,(H2,31,39)(H,32,40). The molecule has 1 aliphatic heterocycles. The number of amides is 2. The molecule has 0 aliphatic carbocycles. The Bertz CT molecular complexity index is 1570. The van der Waals surface area contributed by atoms with E-state index in [0.717, 1.165) is 19.6 Å². The molecule has 2 aromatic heterocycles. The average molecular weight is 598 g/mol. The molecule has 13 heteroatoms. The summed E-state index contributed by atoms with van der Waals surface area (Å²) in [5.41, 5.74) is 7.58. The topological polar surface area (TPSA) is 140 Å². The number of nitrogens with zero attached hydrogens (tertiary/aromatic N) is 5. The number of carbonyl (C=O) groups excluding carboxylic acids is 2. The maximum absolute atomic E-state index is 12.8. The normalized spacial score (nSPS) is 13.7. The molecule has 4 aromatic rings. The Hall–Kier alpha value is -3.93. The molecule has 3 heterocycles. The number of halogens is 2. The van der Waals surface area contributed by atoms with Crippen LogP contribution in [0.15, 0.2) is 42.7 Å². The Balaban J connectivity index is 1.42. The lowest BCUT2D eigenvalue weighted by molar-refractivity contribution is 0.0945. The predicted molar refractivity (Wildman–Crippen MR) is 157 cm³/mol. The molecular weight excluding hydrogens is 567 g/mol. The maximum atomic E-state index is 12.8. The molecule has 4 N–H and O–H groups in total. The molecule has 5 rings (SSSR count). The summed E-state index contributed by atoms with van der Waals surface area (Å²) < 4.78 is 7.14. The first-order valence-corrected chi connectivity index (χ1v) is 14.0. The van der Waals surface area contributed by atoms with Crippen molar-refractivity contribution in [1.29, 1.82) is 0 Å². The van der Waals surface area contributed by atoms with Crippen molar-refractivity contribution >= 4 is 52.2 Å². The van der Waals surface area contributed by atoms with Crippen LogP contribution in [0.4, 0.5) is 11.5 Å². The van der Waals surface area contributed by atoms with Crippen LogP contribution in [0.1, 0.15) is 51.4 Å².